The van der Waals surface area contributed by atoms with Gasteiger partial charge >= 0.3 is 0 Å². The molecule has 0 aromatic carbocycles. The van der Waals surface area contributed by atoms with Gasteiger partial charge in [0.15, 0.2) is 0 Å². The molecule has 0 amide bonds. The number of nitrogens with one attached hydrogen (secondary N) is 1. The zero-order valence-corrected chi connectivity index (χ0v) is 9.00. The van der Waals surface area contributed by atoms with E-state index in [1.165, 1.54) is 6.07 Å². The molecule has 0 unspecified atom stereocenters. The summed E-state index contributed by atoms with van der Waals surface area (Å²) in [4.78, 5) is 14.1. The number of hydrogen-bond donors (Lipinski definition) is 1. The molecule has 80 valence electrons. The molecule has 4 heteroatoms. The summed E-state index contributed by atoms with van der Waals surface area (Å²) in [6.45, 7) is 3.68. The highest BCUT2D eigenvalue weighted by Crippen LogP contribution is 2.23. The van der Waals surface area contributed by atoms with Crippen molar-refractivity contribution in [1.29, 1.82) is 5.26 Å². The van der Waals surface area contributed by atoms with Crippen molar-refractivity contribution in [2.75, 3.05) is 0 Å². The Balaban J connectivity index is 2.59. The van der Waals surface area contributed by atoms with Gasteiger partial charge in [0.1, 0.15) is 23.2 Å². The first-order chi connectivity index (χ1) is 7.61. The van der Waals surface area contributed by atoms with Crippen LogP contribution in [-0.2, 0) is 0 Å². The van der Waals surface area contributed by atoms with Gasteiger partial charge in [0.05, 0.1) is 5.69 Å². The summed E-state index contributed by atoms with van der Waals surface area (Å²) in [7, 11) is 0. The van der Waals surface area contributed by atoms with Gasteiger partial charge in [-0.3, -0.25) is 4.79 Å². The zero-order chi connectivity index (χ0) is 11.7. The molecule has 0 radical (unpaired) electrons. The Morgan fingerprint density at radius 2 is 2.12 bits per heavy atom. The van der Waals surface area contributed by atoms with Crippen molar-refractivity contribution in [3.8, 4) is 17.3 Å². The average molecular weight is 214 g/mol. The van der Waals surface area contributed by atoms with E-state index >= 15 is 0 Å². The molecule has 16 heavy (non-hydrogen) atoms. The van der Waals surface area contributed by atoms with E-state index in [1.807, 2.05) is 26.0 Å². The third kappa shape index (κ3) is 1.63. The monoisotopic (exact) mass is 214 g/mol. The van der Waals surface area contributed by atoms with Gasteiger partial charge in [-0.1, -0.05) is 0 Å². The second-order valence-corrected chi connectivity index (χ2v) is 3.55. The number of hydrogen-bond acceptors (Lipinski definition) is 3. The molecule has 0 atom stereocenters. The number of aromatic amines is 1. The van der Waals surface area contributed by atoms with Gasteiger partial charge in [-0.05, 0) is 32.0 Å². The van der Waals surface area contributed by atoms with Gasteiger partial charge < -0.3 is 9.40 Å². The first kappa shape index (κ1) is 10.2. The van der Waals surface area contributed by atoms with Crippen LogP contribution >= 0.6 is 0 Å². The number of aromatic nitrogens is 1. The maximum absolute atomic E-state index is 11.5. The minimum absolute atomic E-state index is 0.113. The molecule has 0 aliphatic rings. The number of furan rings is 1. The maximum Gasteiger partial charge on any atom is 0.266 e. The van der Waals surface area contributed by atoms with Gasteiger partial charge in [0, 0.05) is 5.56 Å². The zero-order valence-electron chi connectivity index (χ0n) is 9.00. The molecule has 0 bridgehead atoms. The molecule has 0 saturated carbocycles. The highest BCUT2D eigenvalue weighted by molar-refractivity contribution is 5.62. The molecule has 1 N–H and O–H groups in total. The largest absolute Gasteiger partial charge is 0.466 e. The van der Waals surface area contributed by atoms with E-state index in [1.54, 1.807) is 6.07 Å². The van der Waals surface area contributed by atoms with Crippen molar-refractivity contribution in [1.82, 2.24) is 4.98 Å². The first-order valence-corrected chi connectivity index (χ1v) is 4.82. The van der Waals surface area contributed by atoms with Crippen molar-refractivity contribution < 1.29 is 4.42 Å². The highest BCUT2D eigenvalue weighted by atomic mass is 16.3. The lowest BCUT2D eigenvalue weighted by atomic mass is 10.1. The summed E-state index contributed by atoms with van der Waals surface area (Å²) in [5, 5.41) is 8.65. The van der Waals surface area contributed by atoms with Crippen LogP contribution < -0.4 is 5.56 Å². The van der Waals surface area contributed by atoms with Crippen molar-refractivity contribution in [2.24, 2.45) is 0 Å². The fourth-order valence-electron chi connectivity index (χ4n) is 1.62. The molecule has 2 aromatic heterocycles. The lowest BCUT2D eigenvalue weighted by Crippen LogP contribution is -2.10. The Morgan fingerprint density at radius 1 is 1.38 bits per heavy atom. The molecule has 0 aliphatic carbocycles. The predicted molar refractivity (Wildman–Crippen MR) is 59.0 cm³/mol. The molecular formula is C12H10N2O2. The van der Waals surface area contributed by atoms with Gasteiger partial charge in [-0.25, -0.2) is 0 Å². The van der Waals surface area contributed by atoms with Crippen molar-refractivity contribution in [3.05, 3.63) is 45.6 Å². The standard InChI is InChI=1S/C12H10N2O2/c1-7-5-10(8(2)16-7)11-4-3-9(6-13)12(15)14-11/h3-5H,1-2H3,(H,14,15). The SMILES string of the molecule is Cc1cc(-c2ccc(C#N)c(=O)[nH]2)c(C)o1. The summed E-state index contributed by atoms with van der Waals surface area (Å²) in [6.07, 6.45) is 0. The molecule has 0 fully saturated rings. The molecule has 2 heterocycles. The minimum atomic E-state index is -0.377. The van der Waals surface area contributed by atoms with Crippen LogP contribution in [0.15, 0.2) is 27.4 Å². The first-order valence-electron chi connectivity index (χ1n) is 4.82. The highest BCUT2D eigenvalue weighted by Gasteiger charge is 2.09. The third-order valence-electron chi connectivity index (χ3n) is 2.36. The lowest BCUT2D eigenvalue weighted by molar-refractivity contribution is 0.505. The normalized spacial score (nSPS) is 10.1. The van der Waals surface area contributed by atoms with E-state index in [2.05, 4.69) is 4.98 Å². The Labute approximate surface area is 92.2 Å². The quantitative estimate of drug-likeness (QED) is 0.790. The lowest BCUT2D eigenvalue weighted by Gasteiger charge is -1.98. The van der Waals surface area contributed by atoms with Crippen molar-refractivity contribution >= 4 is 0 Å². The third-order valence-corrected chi connectivity index (χ3v) is 2.36. The molecule has 0 spiro atoms. The summed E-state index contributed by atoms with van der Waals surface area (Å²) < 4.78 is 5.38. The Bertz CT molecular complexity index is 629. The summed E-state index contributed by atoms with van der Waals surface area (Å²) in [5.74, 6) is 1.54. The van der Waals surface area contributed by atoms with E-state index in [4.69, 9.17) is 9.68 Å². The fourth-order valence-corrected chi connectivity index (χ4v) is 1.62. The summed E-state index contributed by atoms with van der Waals surface area (Å²) in [5.41, 5.74) is 1.25. The number of H-pyrrole nitrogens is 1. The van der Waals surface area contributed by atoms with Crippen molar-refractivity contribution in [2.45, 2.75) is 13.8 Å². The number of pyridine rings is 1. The fraction of sp³-hybridized carbons (Fsp3) is 0.167. The second-order valence-electron chi connectivity index (χ2n) is 3.55. The van der Waals surface area contributed by atoms with Crippen LogP contribution in [0.3, 0.4) is 0 Å². The second kappa shape index (κ2) is 3.70. The smallest absolute Gasteiger partial charge is 0.266 e. The number of nitrogens with zero attached hydrogens (tertiary/aromatic N) is 1. The van der Waals surface area contributed by atoms with E-state index in [9.17, 15) is 4.79 Å². The van der Waals surface area contributed by atoms with Gasteiger partial charge in [0.2, 0.25) is 0 Å². The van der Waals surface area contributed by atoms with Crippen LogP contribution in [0.5, 0.6) is 0 Å². The van der Waals surface area contributed by atoms with Gasteiger partial charge in [-0.15, -0.1) is 0 Å². The maximum atomic E-state index is 11.5. The van der Waals surface area contributed by atoms with E-state index in [0.29, 0.717) is 5.69 Å². The van der Waals surface area contributed by atoms with E-state index in [-0.39, 0.29) is 11.1 Å². The van der Waals surface area contributed by atoms with Crippen LogP contribution in [0.2, 0.25) is 0 Å². The van der Waals surface area contributed by atoms with Crippen LogP contribution in [0.1, 0.15) is 17.1 Å². The van der Waals surface area contributed by atoms with Crippen LogP contribution in [-0.4, -0.2) is 4.98 Å². The predicted octanol–water partition coefficient (Wildman–Crippen LogP) is 2.12. The van der Waals surface area contributed by atoms with E-state index < -0.39 is 0 Å². The van der Waals surface area contributed by atoms with E-state index in [0.717, 1.165) is 17.1 Å². The molecule has 0 aliphatic heterocycles. The van der Waals surface area contributed by atoms with Crippen LogP contribution in [0, 0.1) is 25.2 Å². The average Bonchev–Trinajstić information content (AvgIpc) is 2.58. The Morgan fingerprint density at radius 3 is 2.62 bits per heavy atom. The molecule has 2 rings (SSSR count). The number of nitriles is 1. The number of aryl methyl sites for hydroxylation is 2. The van der Waals surface area contributed by atoms with Crippen LogP contribution in [0.4, 0.5) is 0 Å². The molecule has 0 saturated heterocycles. The topological polar surface area (TPSA) is 69.8 Å². The van der Waals surface area contributed by atoms with Crippen molar-refractivity contribution in [3.63, 3.8) is 0 Å². The Hall–Kier alpha value is -2.28. The molecular weight excluding hydrogens is 204 g/mol. The number of rotatable bonds is 1. The Kier molecular flexibility index (Phi) is 2.37. The van der Waals surface area contributed by atoms with Crippen LogP contribution in [0.25, 0.3) is 11.3 Å². The minimum Gasteiger partial charge on any atom is -0.466 e. The summed E-state index contributed by atoms with van der Waals surface area (Å²) >= 11 is 0. The molecule has 2 aromatic rings. The molecule has 4 nitrogen and oxygen atoms in total. The summed E-state index contributed by atoms with van der Waals surface area (Å²) in [6, 6.07) is 6.90. The van der Waals surface area contributed by atoms with Gasteiger partial charge in [0.25, 0.3) is 5.56 Å². The van der Waals surface area contributed by atoms with Gasteiger partial charge in [-0.2, -0.15) is 5.26 Å².